The normalized spacial score (nSPS) is 13.7. The quantitative estimate of drug-likeness (QED) is 0.539. The second kappa shape index (κ2) is 5.27. The molecule has 0 spiro atoms. The molecule has 26 heavy (non-hydrogen) atoms. The molecule has 1 aliphatic carbocycles. The molecule has 2 nitrogen and oxygen atoms in total. The molecule has 0 aromatic heterocycles. The topological polar surface area (TPSA) is 34.1 Å². The first-order valence-corrected chi connectivity index (χ1v) is 8.03. The Morgan fingerprint density at radius 3 is 2.08 bits per heavy atom. The lowest BCUT2D eigenvalue weighted by molar-refractivity contribution is -0.137. The Kier molecular flexibility index (Phi) is 3.35. The lowest BCUT2D eigenvalue weighted by atomic mass is 9.90. The largest absolute Gasteiger partial charge is 0.416 e. The van der Waals surface area contributed by atoms with Crippen LogP contribution in [0.5, 0.6) is 0 Å². The molecule has 0 heterocycles. The number of carbonyl (C=O) groups is 2. The standard InChI is InChI=1S/C21H13F3O2/c1-10-7-13-9-11(2)16(12-3-5-14(6-4-12)21(22,23)24)18-17(13)15(8-10)19(25)20(18)26/h3-9H,1-2H3. The second-order valence-corrected chi connectivity index (χ2v) is 6.59. The van der Waals surface area contributed by atoms with E-state index >= 15 is 0 Å². The SMILES string of the molecule is Cc1cc2c3c(c(-c4ccc(C(F)(F)F)cc4)c(C)cc3c1)C(=O)C2=O. The van der Waals surface area contributed by atoms with Crippen molar-refractivity contribution in [3.63, 3.8) is 0 Å². The van der Waals surface area contributed by atoms with Gasteiger partial charge < -0.3 is 0 Å². The van der Waals surface area contributed by atoms with E-state index in [1.54, 1.807) is 13.0 Å². The van der Waals surface area contributed by atoms with Crippen LogP contribution in [0.2, 0.25) is 0 Å². The number of carbonyl (C=O) groups excluding carboxylic acids is 2. The van der Waals surface area contributed by atoms with E-state index in [0.717, 1.165) is 28.6 Å². The van der Waals surface area contributed by atoms with Gasteiger partial charge in [0.05, 0.1) is 5.56 Å². The molecule has 0 aliphatic heterocycles. The van der Waals surface area contributed by atoms with Gasteiger partial charge in [0.2, 0.25) is 11.6 Å². The van der Waals surface area contributed by atoms with Gasteiger partial charge in [-0.15, -0.1) is 0 Å². The zero-order valence-corrected chi connectivity index (χ0v) is 14.0. The molecule has 0 N–H and O–H groups in total. The minimum absolute atomic E-state index is 0.291. The molecule has 4 rings (SSSR count). The van der Waals surface area contributed by atoms with Crippen LogP contribution in [0.25, 0.3) is 21.9 Å². The van der Waals surface area contributed by atoms with Gasteiger partial charge >= 0.3 is 6.18 Å². The van der Waals surface area contributed by atoms with E-state index in [9.17, 15) is 22.8 Å². The molecule has 5 heteroatoms. The van der Waals surface area contributed by atoms with E-state index in [-0.39, 0.29) is 0 Å². The van der Waals surface area contributed by atoms with Gasteiger partial charge in [-0.2, -0.15) is 13.2 Å². The third-order valence-electron chi connectivity index (χ3n) is 4.76. The predicted octanol–water partition coefficient (Wildman–Crippen LogP) is 5.52. The second-order valence-electron chi connectivity index (χ2n) is 6.59. The van der Waals surface area contributed by atoms with E-state index in [1.807, 2.05) is 19.1 Å². The molecule has 130 valence electrons. The van der Waals surface area contributed by atoms with Crippen molar-refractivity contribution >= 4 is 22.3 Å². The van der Waals surface area contributed by atoms with Crippen LogP contribution in [0.3, 0.4) is 0 Å². The van der Waals surface area contributed by atoms with Crippen LogP contribution in [-0.4, -0.2) is 11.6 Å². The Morgan fingerprint density at radius 1 is 0.808 bits per heavy atom. The molecule has 3 aromatic rings. The molecule has 3 aromatic carbocycles. The summed E-state index contributed by atoms with van der Waals surface area (Å²) in [4.78, 5) is 25.0. The van der Waals surface area contributed by atoms with E-state index in [4.69, 9.17) is 0 Å². The summed E-state index contributed by atoms with van der Waals surface area (Å²) >= 11 is 0. The Balaban J connectivity index is 2.02. The van der Waals surface area contributed by atoms with Gasteiger partial charge in [-0.25, -0.2) is 0 Å². The summed E-state index contributed by atoms with van der Waals surface area (Å²) in [6, 6.07) is 10.1. The van der Waals surface area contributed by atoms with Crippen molar-refractivity contribution in [1.29, 1.82) is 0 Å². The highest BCUT2D eigenvalue weighted by molar-refractivity contribution is 6.58. The maximum absolute atomic E-state index is 12.8. The van der Waals surface area contributed by atoms with Crippen LogP contribution in [-0.2, 0) is 6.18 Å². The minimum atomic E-state index is -4.43. The van der Waals surface area contributed by atoms with Crippen molar-refractivity contribution in [3.8, 4) is 11.1 Å². The lowest BCUT2D eigenvalue weighted by Gasteiger charge is -2.14. The lowest BCUT2D eigenvalue weighted by Crippen LogP contribution is -2.08. The smallest absolute Gasteiger partial charge is 0.285 e. The molecule has 0 unspecified atom stereocenters. The molecule has 0 bridgehead atoms. The maximum atomic E-state index is 12.8. The first kappa shape index (κ1) is 16.5. The van der Waals surface area contributed by atoms with Gasteiger partial charge in [0.15, 0.2) is 0 Å². The van der Waals surface area contributed by atoms with Crippen molar-refractivity contribution < 1.29 is 22.8 Å². The molecule has 0 atom stereocenters. The molecule has 0 saturated heterocycles. The van der Waals surface area contributed by atoms with Crippen LogP contribution in [0.1, 0.15) is 37.4 Å². The van der Waals surface area contributed by atoms with Crippen molar-refractivity contribution in [3.05, 3.63) is 70.3 Å². The van der Waals surface area contributed by atoms with Gasteiger partial charge in [-0.05, 0) is 59.7 Å². The summed E-state index contributed by atoms with van der Waals surface area (Å²) in [7, 11) is 0. The number of benzene rings is 3. The van der Waals surface area contributed by atoms with Crippen LogP contribution < -0.4 is 0 Å². The molecule has 1 aliphatic rings. The van der Waals surface area contributed by atoms with Crippen molar-refractivity contribution in [2.45, 2.75) is 20.0 Å². The molecular formula is C21H13F3O2. The number of hydrogen-bond acceptors (Lipinski definition) is 2. The number of halogens is 3. The van der Waals surface area contributed by atoms with Crippen molar-refractivity contribution in [1.82, 2.24) is 0 Å². The third kappa shape index (κ3) is 2.27. The Morgan fingerprint density at radius 2 is 1.46 bits per heavy atom. The molecule has 0 saturated carbocycles. The zero-order valence-electron chi connectivity index (χ0n) is 14.0. The van der Waals surface area contributed by atoms with Crippen LogP contribution in [0.4, 0.5) is 13.2 Å². The highest BCUT2D eigenvalue weighted by Gasteiger charge is 2.35. The number of ketones is 2. The monoisotopic (exact) mass is 354 g/mol. The average molecular weight is 354 g/mol. The number of Topliss-reactive ketones (excluding diaryl/α,β-unsaturated/α-hetero) is 2. The molecular weight excluding hydrogens is 341 g/mol. The fourth-order valence-electron chi connectivity index (χ4n) is 3.67. The fourth-order valence-corrected chi connectivity index (χ4v) is 3.67. The van der Waals surface area contributed by atoms with Crippen molar-refractivity contribution in [2.75, 3.05) is 0 Å². The minimum Gasteiger partial charge on any atom is -0.285 e. The highest BCUT2D eigenvalue weighted by Crippen LogP contribution is 2.41. The first-order chi connectivity index (χ1) is 12.2. The summed E-state index contributed by atoms with van der Waals surface area (Å²) in [6.07, 6.45) is -4.43. The van der Waals surface area contributed by atoms with Gasteiger partial charge in [0, 0.05) is 16.5 Å². The summed E-state index contributed by atoms with van der Waals surface area (Å²) in [5.74, 6) is -1.17. The first-order valence-electron chi connectivity index (χ1n) is 8.03. The van der Waals surface area contributed by atoms with Crippen LogP contribution >= 0.6 is 0 Å². The Hall–Kier alpha value is -2.95. The maximum Gasteiger partial charge on any atom is 0.416 e. The molecule has 0 radical (unpaired) electrons. The van der Waals surface area contributed by atoms with E-state index in [2.05, 4.69) is 0 Å². The van der Waals surface area contributed by atoms with E-state index in [1.165, 1.54) is 12.1 Å². The van der Waals surface area contributed by atoms with E-state index in [0.29, 0.717) is 27.6 Å². The van der Waals surface area contributed by atoms with Crippen LogP contribution in [0, 0.1) is 13.8 Å². The summed E-state index contributed by atoms with van der Waals surface area (Å²) < 4.78 is 38.4. The fraction of sp³-hybridized carbons (Fsp3) is 0.143. The zero-order chi connectivity index (χ0) is 18.8. The van der Waals surface area contributed by atoms with Gasteiger partial charge in [0.25, 0.3) is 0 Å². The molecule has 0 amide bonds. The van der Waals surface area contributed by atoms with Crippen molar-refractivity contribution in [2.24, 2.45) is 0 Å². The summed E-state index contributed by atoms with van der Waals surface area (Å²) in [5, 5.41) is 1.38. The summed E-state index contributed by atoms with van der Waals surface area (Å²) in [5.41, 5.74) is 2.53. The Labute approximate surface area is 147 Å². The van der Waals surface area contributed by atoms with Crippen LogP contribution in [0.15, 0.2) is 42.5 Å². The number of rotatable bonds is 1. The van der Waals surface area contributed by atoms with Gasteiger partial charge in [-0.1, -0.05) is 24.3 Å². The highest BCUT2D eigenvalue weighted by atomic mass is 19.4. The summed E-state index contributed by atoms with van der Waals surface area (Å²) in [6.45, 7) is 3.64. The third-order valence-corrected chi connectivity index (χ3v) is 4.76. The van der Waals surface area contributed by atoms with Gasteiger partial charge in [0.1, 0.15) is 0 Å². The number of aryl methyl sites for hydroxylation is 2. The Bertz CT molecular complexity index is 1110. The average Bonchev–Trinajstić information content (AvgIpc) is 2.80. The predicted molar refractivity (Wildman–Crippen MR) is 92.5 cm³/mol. The number of alkyl halides is 3. The van der Waals surface area contributed by atoms with E-state index < -0.39 is 23.3 Å². The van der Waals surface area contributed by atoms with Gasteiger partial charge in [-0.3, -0.25) is 9.59 Å². The molecule has 0 fully saturated rings. The number of hydrogen-bond donors (Lipinski definition) is 0.